The summed E-state index contributed by atoms with van der Waals surface area (Å²) in [5.41, 5.74) is 9.30. The highest BCUT2D eigenvalue weighted by atomic mass is 14.3. The van der Waals surface area contributed by atoms with Crippen LogP contribution in [0.4, 0.5) is 0 Å². The molecule has 0 aliphatic heterocycles. The zero-order valence-corrected chi connectivity index (χ0v) is 43.7. The summed E-state index contributed by atoms with van der Waals surface area (Å²) in [4.78, 5) is 0. The molecule has 352 valence electrons. The third-order valence-corrected chi connectivity index (χ3v) is 17.8. The number of rotatable bonds is 2. The molecule has 0 heterocycles. The van der Waals surface area contributed by atoms with Gasteiger partial charge in [-0.25, -0.2) is 0 Å². The molecule has 0 heteroatoms. The van der Waals surface area contributed by atoms with Crippen LogP contribution < -0.4 is 0 Å². The molecule has 0 saturated heterocycles. The van der Waals surface area contributed by atoms with E-state index in [0.29, 0.717) is 0 Å². The summed E-state index contributed by atoms with van der Waals surface area (Å²) in [5.74, 6) is 0. The van der Waals surface area contributed by atoms with Crippen LogP contribution in [0.2, 0.25) is 0 Å². The fourth-order valence-corrected chi connectivity index (χ4v) is 14.4. The van der Waals surface area contributed by atoms with Crippen LogP contribution >= 0.6 is 0 Å². The molecule has 0 amide bonds. The Morgan fingerprint density at radius 1 is 0.216 bits per heavy atom. The van der Waals surface area contributed by atoms with Gasteiger partial charge >= 0.3 is 0 Å². The highest BCUT2D eigenvalue weighted by molar-refractivity contribution is 6.48. The summed E-state index contributed by atoms with van der Waals surface area (Å²) in [5, 5.41) is 35.0. The summed E-state index contributed by atoms with van der Waals surface area (Å²) in [7, 11) is 0. The number of hydrogen-bond acceptors (Lipinski definition) is 0. The lowest BCUT2D eigenvalue weighted by molar-refractivity contribution is 0.590. The third-order valence-electron chi connectivity index (χ3n) is 17.8. The minimum absolute atomic E-state index is 0.00777. The number of fused-ring (bicyclic) bond motifs is 11. The van der Waals surface area contributed by atoms with E-state index in [4.69, 9.17) is 0 Å². The fourth-order valence-electron chi connectivity index (χ4n) is 14.4. The molecule has 0 aliphatic carbocycles. The number of benzene rings is 14. The predicted octanol–water partition coefficient (Wildman–Crippen LogP) is 21.7. The van der Waals surface area contributed by atoms with Crippen molar-refractivity contribution in [3.63, 3.8) is 0 Å². The number of hydrogen-bond donors (Lipinski definition) is 0. The molecule has 16 aromatic carbocycles. The molecular formula is C74H56. The second kappa shape index (κ2) is 14.0. The summed E-state index contributed by atoms with van der Waals surface area (Å²) >= 11 is 0. The molecule has 0 bridgehead atoms. The van der Waals surface area contributed by atoms with Gasteiger partial charge in [0, 0.05) is 0 Å². The van der Waals surface area contributed by atoms with Gasteiger partial charge in [-0.3, -0.25) is 0 Å². The van der Waals surface area contributed by atoms with E-state index in [0.717, 1.165) is 0 Å². The maximum atomic E-state index is 2.59. The average molecular weight is 945 g/mol. The van der Waals surface area contributed by atoms with Crippen LogP contribution in [0.1, 0.15) is 79.0 Å². The van der Waals surface area contributed by atoms with Crippen molar-refractivity contribution < 1.29 is 0 Å². The van der Waals surface area contributed by atoms with Crippen molar-refractivity contribution in [1.29, 1.82) is 0 Å². The minimum Gasteiger partial charge on any atom is -0.0622 e. The van der Waals surface area contributed by atoms with Gasteiger partial charge in [-0.2, -0.15) is 0 Å². The zero-order chi connectivity index (χ0) is 50.1. The average Bonchev–Trinajstić information content (AvgIpc) is 3.89. The highest BCUT2D eigenvalue weighted by Gasteiger charge is 2.30. The fraction of sp³-hybridized carbons (Fsp3) is 0.162. The minimum atomic E-state index is -0.00777. The molecule has 0 saturated carbocycles. The van der Waals surface area contributed by atoms with Gasteiger partial charge in [0.2, 0.25) is 0 Å². The summed E-state index contributed by atoms with van der Waals surface area (Å²) in [6.45, 7) is 21.2. The molecule has 0 unspecified atom stereocenters. The highest BCUT2D eigenvalue weighted by Crippen LogP contribution is 2.56. The van der Waals surface area contributed by atoms with E-state index >= 15 is 0 Å². The zero-order valence-electron chi connectivity index (χ0n) is 43.7. The molecule has 0 spiro atoms. The smallest absolute Gasteiger partial charge is 0.000740 e. The van der Waals surface area contributed by atoms with Gasteiger partial charge in [0.15, 0.2) is 0 Å². The molecule has 16 rings (SSSR count). The van der Waals surface area contributed by atoms with Crippen LogP contribution in [0.5, 0.6) is 0 Å². The lowest BCUT2D eigenvalue weighted by Gasteiger charge is -2.25. The molecule has 0 nitrogen and oxygen atoms in total. The lowest BCUT2D eigenvalue weighted by Crippen LogP contribution is -2.12. The van der Waals surface area contributed by atoms with E-state index in [1.807, 2.05) is 0 Å². The summed E-state index contributed by atoms with van der Waals surface area (Å²) in [6.07, 6.45) is 0. The second-order valence-corrected chi connectivity index (χ2v) is 25.1. The van der Waals surface area contributed by atoms with Crippen molar-refractivity contribution in [2.24, 2.45) is 0 Å². The first-order chi connectivity index (χ1) is 35.6. The molecule has 0 aliphatic rings. The monoisotopic (exact) mass is 944 g/mol. The Kier molecular flexibility index (Phi) is 8.00. The van der Waals surface area contributed by atoms with Crippen LogP contribution in [0.25, 0.3) is 162 Å². The third kappa shape index (κ3) is 5.38. The Morgan fingerprint density at radius 3 is 1.03 bits per heavy atom. The van der Waals surface area contributed by atoms with Gasteiger partial charge in [-0.1, -0.05) is 214 Å². The van der Waals surface area contributed by atoms with Crippen LogP contribution in [0, 0.1) is 0 Å². The molecule has 0 aromatic heterocycles. The van der Waals surface area contributed by atoms with Crippen molar-refractivity contribution in [2.45, 2.75) is 78.6 Å². The lowest BCUT2D eigenvalue weighted by atomic mass is 9.79. The first-order valence-corrected chi connectivity index (χ1v) is 26.8. The Hall–Kier alpha value is -8.06. The first kappa shape index (κ1) is 42.4. The molecule has 0 N–H and O–H groups in total. The molecule has 0 atom stereocenters. The topological polar surface area (TPSA) is 0 Å². The Balaban J connectivity index is 1.10. The van der Waals surface area contributed by atoms with Crippen molar-refractivity contribution in [1.82, 2.24) is 0 Å². The van der Waals surface area contributed by atoms with E-state index in [1.165, 1.54) is 179 Å². The van der Waals surface area contributed by atoms with Crippen molar-refractivity contribution in [2.75, 3.05) is 0 Å². The normalized spacial score (nSPS) is 13.5. The Bertz CT molecular complexity index is 4800. The largest absolute Gasteiger partial charge is 0.0622 e. The van der Waals surface area contributed by atoms with Crippen LogP contribution in [-0.4, -0.2) is 0 Å². The predicted molar refractivity (Wildman–Crippen MR) is 326 cm³/mol. The van der Waals surface area contributed by atoms with Crippen molar-refractivity contribution in [3.05, 3.63) is 193 Å². The Morgan fingerprint density at radius 2 is 0.581 bits per heavy atom. The van der Waals surface area contributed by atoms with Gasteiger partial charge in [0.25, 0.3) is 0 Å². The van der Waals surface area contributed by atoms with Gasteiger partial charge in [-0.05, 0) is 219 Å². The SMILES string of the molecule is CC(C)(C)c1cc2cc(C(C)(C)C)cc3c4ccc5c6c(-c7ccccc7)c7cc8c(cc7c(-c7ccccc7)c6c6ccc(c(c1)c23)c4c65)c1ccc2c3cccc4c(C(C)(C)C)ccc(c5ccc8c1c25)c43. The molecule has 0 fully saturated rings. The van der Waals surface area contributed by atoms with Crippen LogP contribution in [0.3, 0.4) is 0 Å². The van der Waals surface area contributed by atoms with E-state index in [-0.39, 0.29) is 16.2 Å². The van der Waals surface area contributed by atoms with Gasteiger partial charge in [0.05, 0.1) is 0 Å². The van der Waals surface area contributed by atoms with E-state index < -0.39 is 0 Å². The van der Waals surface area contributed by atoms with Crippen LogP contribution in [-0.2, 0) is 16.2 Å². The van der Waals surface area contributed by atoms with Crippen LogP contribution in [0.15, 0.2) is 176 Å². The molecule has 0 radical (unpaired) electrons. The van der Waals surface area contributed by atoms with Gasteiger partial charge in [0.1, 0.15) is 0 Å². The van der Waals surface area contributed by atoms with Crippen molar-refractivity contribution >= 4 is 140 Å². The van der Waals surface area contributed by atoms with Gasteiger partial charge < -0.3 is 0 Å². The molecule has 16 aromatic rings. The second-order valence-electron chi connectivity index (χ2n) is 25.1. The summed E-state index contributed by atoms with van der Waals surface area (Å²) in [6, 6.07) is 69.2. The standard InChI is InChI=1S/C74H56/c1-72(2,3)42-33-41-34-43(73(4,5)6)36-58-51-28-30-54-69-53(29-27-50(68(51)69)57(35-42)62(41)58)70-63(39-17-12-10-13-18-39)59-37-55-48-25-23-46-44-21-16-22-52-61(74(7,8)9)32-31-45(65(44)52)47-24-26-49(67(48)66(46)47)56(55)38-60(59)64(71(54)70)40-19-14-11-15-20-40/h10-38H,1-9H3. The summed E-state index contributed by atoms with van der Waals surface area (Å²) < 4.78 is 0. The maximum absolute atomic E-state index is 2.59. The van der Waals surface area contributed by atoms with E-state index in [2.05, 4.69) is 238 Å². The molecule has 74 heavy (non-hydrogen) atoms. The maximum Gasteiger partial charge on any atom is -0.000740 e. The Labute approximate surface area is 431 Å². The van der Waals surface area contributed by atoms with E-state index in [1.54, 1.807) is 0 Å². The molecular weight excluding hydrogens is 889 g/mol. The van der Waals surface area contributed by atoms with Crippen molar-refractivity contribution in [3.8, 4) is 22.3 Å². The first-order valence-electron chi connectivity index (χ1n) is 26.8. The quantitative estimate of drug-likeness (QED) is 0.120. The van der Waals surface area contributed by atoms with Gasteiger partial charge in [-0.15, -0.1) is 0 Å². The van der Waals surface area contributed by atoms with E-state index in [9.17, 15) is 0 Å².